The Kier molecular flexibility index (Phi) is 7.53. The molecule has 0 aromatic heterocycles. The maximum atomic E-state index is 13.6. The van der Waals surface area contributed by atoms with Gasteiger partial charge in [-0.25, -0.2) is 0 Å². The van der Waals surface area contributed by atoms with E-state index < -0.39 is 8.32 Å². The van der Waals surface area contributed by atoms with Crippen LogP contribution in [0.5, 0.6) is 0 Å². The number of benzene rings is 2. The Balaban J connectivity index is 1.96. The normalized spacial score (nSPS) is 20.0. The number of ether oxygens (including phenoxy) is 1. The summed E-state index contributed by atoms with van der Waals surface area (Å²) < 4.78 is 12.7. The van der Waals surface area contributed by atoms with Crippen LogP contribution >= 0.6 is 0 Å². The van der Waals surface area contributed by atoms with Crippen LogP contribution in [0.15, 0.2) is 60.7 Å². The second-order valence-electron chi connectivity index (χ2n) is 9.44. The molecule has 0 aliphatic heterocycles. The standard InChI is InChI=1S/C26H36O3Si/c1-5-19-28-22-14-12-13-21(20-22)25(27)29-30(26(2,3)4,23-15-8-6-9-16-23)24-17-10-7-11-18-24/h6-11,15-18,21-22H,5,12-14,19-20H2,1-4H3/t21-,22+/m1/s1. The van der Waals surface area contributed by atoms with Gasteiger partial charge in [0.1, 0.15) is 0 Å². The molecule has 0 amide bonds. The first-order valence-electron chi connectivity index (χ1n) is 11.3. The predicted octanol–water partition coefficient (Wildman–Crippen LogP) is 5.08. The second-order valence-corrected chi connectivity index (χ2v) is 13.7. The zero-order valence-electron chi connectivity index (χ0n) is 18.9. The molecule has 1 fully saturated rings. The van der Waals surface area contributed by atoms with E-state index >= 15 is 0 Å². The zero-order chi connectivity index (χ0) is 21.6. The van der Waals surface area contributed by atoms with E-state index in [2.05, 4.69) is 76.2 Å². The summed E-state index contributed by atoms with van der Waals surface area (Å²) in [6, 6.07) is 20.8. The minimum Gasteiger partial charge on any atom is -0.509 e. The number of carbonyl (C=O) groups excluding carboxylic acids is 1. The first kappa shape index (κ1) is 22.8. The van der Waals surface area contributed by atoms with Crippen LogP contribution in [-0.4, -0.2) is 27.0 Å². The van der Waals surface area contributed by atoms with Crippen LogP contribution < -0.4 is 10.4 Å². The van der Waals surface area contributed by atoms with E-state index in [0.29, 0.717) is 0 Å². The molecule has 30 heavy (non-hydrogen) atoms. The zero-order valence-corrected chi connectivity index (χ0v) is 19.9. The summed E-state index contributed by atoms with van der Waals surface area (Å²) in [5.41, 5.74) is 0. The van der Waals surface area contributed by atoms with Crippen LogP contribution in [0.2, 0.25) is 5.04 Å². The predicted molar refractivity (Wildman–Crippen MR) is 126 cm³/mol. The number of rotatable bonds is 7. The lowest BCUT2D eigenvalue weighted by atomic mass is 9.87. The highest BCUT2D eigenvalue weighted by atomic mass is 28.4. The third-order valence-corrected chi connectivity index (χ3v) is 11.1. The van der Waals surface area contributed by atoms with Gasteiger partial charge >= 0.3 is 8.32 Å². The van der Waals surface area contributed by atoms with Crippen molar-refractivity contribution in [3.05, 3.63) is 60.7 Å². The van der Waals surface area contributed by atoms with Crippen molar-refractivity contribution < 1.29 is 14.0 Å². The van der Waals surface area contributed by atoms with E-state index in [1.165, 1.54) is 0 Å². The summed E-state index contributed by atoms with van der Waals surface area (Å²) in [6.45, 7) is 9.51. The Morgan fingerprint density at radius 3 is 2.03 bits per heavy atom. The Hall–Kier alpha value is -1.91. The molecule has 0 radical (unpaired) electrons. The van der Waals surface area contributed by atoms with Crippen LogP contribution in [0.3, 0.4) is 0 Å². The van der Waals surface area contributed by atoms with E-state index in [4.69, 9.17) is 9.16 Å². The molecule has 3 rings (SSSR count). The third-order valence-electron chi connectivity index (χ3n) is 6.19. The monoisotopic (exact) mass is 424 g/mol. The van der Waals surface area contributed by atoms with Gasteiger partial charge in [0.05, 0.1) is 12.0 Å². The number of hydrogen-bond acceptors (Lipinski definition) is 3. The minimum absolute atomic E-state index is 0.0471. The summed E-state index contributed by atoms with van der Waals surface area (Å²) in [6.07, 6.45) is 4.92. The molecule has 2 aromatic carbocycles. The fourth-order valence-corrected chi connectivity index (χ4v) is 9.08. The molecule has 1 aliphatic rings. The van der Waals surface area contributed by atoms with Crippen LogP contribution in [0.4, 0.5) is 0 Å². The van der Waals surface area contributed by atoms with Gasteiger partial charge in [0.25, 0.3) is 5.97 Å². The summed E-state index contributed by atoms with van der Waals surface area (Å²) in [7, 11) is -2.83. The molecule has 0 heterocycles. The molecule has 1 aliphatic carbocycles. The SMILES string of the molecule is CCCO[C@H]1CCC[C@@H](C(=O)O[Si](c2ccccc2)(c2ccccc2)C(C)(C)C)C1. The first-order valence-corrected chi connectivity index (χ1v) is 13.2. The van der Waals surface area contributed by atoms with Gasteiger partial charge in [-0.1, -0.05) is 94.8 Å². The van der Waals surface area contributed by atoms with Crippen molar-refractivity contribution in [2.75, 3.05) is 6.61 Å². The molecule has 2 atom stereocenters. The number of carbonyl (C=O) groups is 1. The van der Waals surface area contributed by atoms with E-state index in [1.54, 1.807) is 0 Å². The molecule has 0 spiro atoms. The van der Waals surface area contributed by atoms with Crippen LogP contribution in [0.25, 0.3) is 0 Å². The van der Waals surface area contributed by atoms with Crippen molar-refractivity contribution in [1.29, 1.82) is 0 Å². The van der Waals surface area contributed by atoms with Crippen LogP contribution in [-0.2, 0) is 14.0 Å². The Morgan fingerprint density at radius 1 is 0.967 bits per heavy atom. The van der Waals surface area contributed by atoms with Gasteiger partial charge in [0.2, 0.25) is 0 Å². The number of hydrogen-bond donors (Lipinski definition) is 0. The van der Waals surface area contributed by atoms with Gasteiger partial charge in [-0.15, -0.1) is 0 Å². The quantitative estimate of drug-likeness (QED) is 0.582. The fraction of sp³-hybridized carbons (Fsp3) is 0.500. The van der Waals surface area contributed by atoms with Gasteiger partial charge in [-0.3, -0.25) is 4.79 Å². The lowest BCUT2D eigenvalue weighted by Crippen LogP contribution is -2.67. The van der Waals surface area contributed by atoms with Crippen molar-refractivity contribution in [2.24, 2.45) is 5.92 Å². The lowest BCUT2D eigenvalue weighted by molar-refractivity contribution is -0.143. The Morgan fingerprint density at radius 2 is 1.53 bits per heavy atom. The van der Waals surface area contributed by atoms with Crippen LogP contribution in [0, 0.1) is 5.92 Å². The molecule has 0 unspecified atom stereocenters. The topological polar surface area (TPSA) is 35.5 Å². The molecule has 0 N–H and O–H groups in total. The molecule has 162 valence electrons. The average molecular weight is 425 g/mol. The summed E-state index contributed by atoms with van der Waals surface area (Å²) in [5.74, 6) is -0.128. The van der Waals surface area contributed by atoms with E-state index in [-0.39, 0.29) is 23.0 Å². The molecule has 4 heteroatoms. The van der Waals surface area contributed by atoms with Crippen molar-refractivity contribution in [2.45, 2.75) is 70.9 Å². The fourth-order valence-electron chi connectivity index (χ4n) is 4.68. The van der Waals surface area contributed by atoms with Crippen molar-refractivity contribution in [3.63, 3.8) is 0 Å². The highest BCUT2D eigenvalue weighted by molar-refractivity contribution is 7.00. The largest absolute Gasteiger partial charge is 0.509 e. The smallest absolute Gasteiger partial charge is 0.323 e. The molecule has 3 nitrogen and oxygen atoms in total. The molecule has 1 saturated carbocycles. The van der Waals surface area contributed by atoms with Gasteiger partial charge in [0.15, 0.2) is 0 Å². The second kappa shape index (κ2) is 9.93. The van der Waals surface area contributed by atoms with Gasteiger partial charge < -0.3 is 9.16 Å². The van der Waals surface area contributed by atoms with Crippen molar-refractivity contribution in [3.8, 4) is 0 Å². The molecule has 2 aromatic rings. The average Bonchev–Trinajstić information content (AvgIpc) is 2.76. The van der Waals surface area contributed by atoms with Crippen molar-refractivity contribution >= 4 is 24.7 Å². The molecule has 0 saturated heterocycles. The first-order chi connectivity index (χ1) is 14.4. The molecular weight excluding hydrogens is 388 g/mol. The minimum atomic E-state index is -2.83. The molecule has 0 bridgehead atoms. The maximum Gasteiger partial charge on any atom is 0.323 e. The maximum absolute atomic E-state index is 13.6. The van der Waals surface area contributed by atoms with E-state index in [1.807, 2.05) is 12.1 Å². The highest BCUT2D eigenvalue weighted by Gasteiger charge is 2.53. The molecular formula is C26H36O3Si. The summed E-state index contributed by atoms with van der Waals surface area (Å²) >= 11 is 0. The Bertz CT molecular complexity index is 759. The van der Waals surface area contributed by atoms with E-state index in [9.17, 15) is 4.79 Å². The van der Waals surface area contributed by atoms with E-state index in [0.717, 1.165) is 49.1 Å². The lowest BCUT2D eigenvalue weighted by Gasteiger charge is -2.43. The van der Waals surface area contributed by atoms with Crippen LogP contribution in [0.1, 0.15) is 59.8 Å². The highest BCUT2D eigenvalue weighted by Crippen LogP contribution is 2.38. The summed E-state index contributed by atoms with van der Waals surface area (Å²) in [4.78, 5) is 13.6. The summed E-state index contributed by atoms with van der Waals surface area (Å²) in [5, 5.41) is 2.09. The third kappa shape index (κ3) is 4.87. The Labute approximate surface area is 182 Å². The van der Waals surface area contributed by atoms with Gasteiger partial charge in [0, 0.05) is 6.61 Å². The van der Waals surface area contributed by atoms with Gasteiger partial charge in [-0.05, 0) is 41.1 Å². The van der Waals surface area contributed by atoms with Gasteiger partial charge in [-0.2, -0.15) is 0 Å². The van der Waals surface area contributed by atoms with Crippen molar-refractivity contribution in [1.82, 2.24) is 0 Å².